The highest BCUT2D eigenvalue weighted by atomic mass is 19.1. The van der Waals surface area contributed by atoms with E-state index < -0.39 is 29.3 Å². The van der Waals surface area contributed by atoms with Crippen molar-refractivity contribution in [1.82, 2.24) is 29.7 Å². The predicted octanol–water partition coefficient (Wildman–Crippen LogP) is 6.25. The monoisotopic (exact) mass is 704 g/mol. The summed E-state index contributed by atoms with van der Waals surface area (Å²) in [5.74, 6) is -2.05. The molecule has 0 bridgehead atoms. The van der Waals surface area contributed by atoms with Crippen LogP contribution >= 0.6 is 0 Å². The van der Waals surface area contributed by atoms with Crippen molar-refractivity contribution in [3.63, 3.8) is 0 Å². The van der Waals surface area contributed by atoms with E-state index in [0.29, 0.717) is 59.3 Å². The molecule has 3 saturated heterocycles. The lowest BCUT2D eigenvalue weighted by atomic mass is 9.95. The lowest BCUT2D eigenvalue weighted by molar-refractivity contribution is -0.127. The van der Waals surface area contributed by atoms with Crippen molar-refractivity contribution in [3.8, 4) is 23.3 Å². The molecule has 0 saturated carbocycles. The fourth-order valence-corrected chi connectivity index (χ4v) is 8.04. The highest BCUT2D eigenvalue weighted by Gasteiger charge is 2.49. The van der Waals surface area contributed by atoms with E-state index in [4.69, 9.17) is 9.72 Å². The van der Waals surface area contributed by atoms with Gasteiger partial charge in [-0.15, -0.1) is 0 Å². The Hall–Kier alpha value is -5.61. The topological polar surface area (TPSA) is 111 Å². The molecule has 0 spiro atoms. The van der Waals surface area contributed by atoms with Gasteiger partial charge in [-0.05, 0) is 49.4 Å². The molecular formula is C39H35F3N8O2. The van der Waals surface area contributed by atoms with Gasteiger partial charge in [-0.25, -0.2) is 13.2 Å². The minimum Gasteiger partial charge on any atom is -0.461 e. The number of benzene rings is 2. The van der Waals surface area contributed by atoms with Gasteiger partial charge in [0, 0.05) is 68.6 Å². The van der Waals surface area contributed by atoms with E-state index in [0.717, 1.165) is 30.8 Å². The third kappa shape index (κ3) is 5.96. The fraction of sp³-hybridized carbons (Fsp3) is 0.333. The van der Waals surface area contributed by atoms with Gasteiger partial charge in [-0.1, -0.05) is 36.4 Å². The van der Waals surface area contributed by atoms with Crippen LogP contribution in [-0.2, 0) is 4.79 Å². The van der Waals surface area contributed by atoms with Gasteiger partial charge in [0.25, 0.3) is 5.91 Å². The van der Waals surface area contributed by atoms with Crippen LogP contribution in [0.25, 0.3) is 39.0 Å². The van der Waals surface area contributed by atoms with Crippen molar-refractivity contribution in [2.24, 2.45) is 0 Å². The maximum atomic E-state index is 16.9. The lowest BCUT2D eigenvalue weighted by Gasteiger charge is -2.31. The molecule has 0 aliphatic carbocycles. The summed E-state index contributed by atoms with van der Waals surface area (Å²) in [6, 6.07) is 17.5. The van der Waals surface area contributed by atoms with Gasteiger partial charge in [0.15, 0.2) is 11.6 Å². The summed E-state index contributed by atoms with van der Waals surface area (Å²) in [7, 11) is 1.78. The smallest absolute Gasteiger partial charge is 0.319 e. The molecule has 3 atom stereocenters. The molecule has 13 heteroatoms. The second-order valence-corrected chi connectivity index (χ2v) is 13.7. The molecule has 264 valence electrons. The van der Waals surface area contributed by atoms with Gasteiger partial charge >= 0.3 is 6.01 Å². The average Bonchev–Trinajstić information content (AvgIpc) is 3.88. The Bertz CT molecular complexity index is 2260. The Balaban J connectivity index is 1.16. The number of likely N-dealkylation sites (tertiary alicyclic amines) is 1. The lowest BCUT2D eigenvalue weighted by Crippen LogP contribution is -2.43. The van der Waals surface area contributed by atoms with Crippen molar-refractivity contribution >= 4 is 39.5 Å². The molecule has 10 nitrogen and oxygen atoms in total. The molecule has 5 aromatic rings. The minimum absolute atomic E-state index is 0.0171. The second-order valence-electron chi connectivity index (χ2n) is 13.7. The van der Waals surface area contributed by atoms with Crippen LogP contribution in [0.5, 0.6) is 6.01 Å². The first-order valence-corrected chi connectivity index (χ1v) is 17.4. The quantitative estimate of drug-likeness (QED) is 0.173. The van der Waals surface area contributed by atoms with Crippen LogP contribution in [0.4, 0.5) is 19.0 Å². The number of anilines is 1. The number of fused-ring (bicyclic) bond motifs is 3. The van der Waals surface area contributed by atoms with Crippen LogP contribution in [0.15, 0.2) is 72.8 Å². The van der Waals surface area contributed by atoms with Crippen molar-refractivity contribution in [3.05, 3.63) is 89.9 Å². The molecule has 1 amide bonds. The van der Waals surface area contributed by atoms with Gasteiger partial charge in [0.2, 0.25) is 0 Å². The number of alkyl halides is 1. The van der Waals surface area contributed by atoms with Gasteiger partial charge in [-0.3, -0.25) is 19.7 Å². The average molecular weight is 705 g/mol. The number of halogens is 3. The maximum Gasteiger partial charge on any atom is 0.319 e. The Morgan fingerprint density at radius 1 is 1.12 bits per heavy atom. The molecule has 2 aromatic carbocycles. The van der Waals surface area contributed by atoms with E-state index >= 15 is 8.78 Å². The number of rotatable bonds is 8. The number of pyridine rings is 2. The molecule has 6 heterocycles. The SMILES string of the molecule is CN(c1nc(OC[C@@]23CCCN2CC(F)C3)nc2c(F)c(-c3cccc4cccc(C#N)c34)ncc12)C1CCN(C(=O)/C(F)=C/c2ccccn2)C1. The second kappa shape index (κ2) is 13.5. The highest BCUT2D eigenvalue weighted by molar-refractivity contribution is 6.02. The van der Waals surface area contributed by atoms with E-state index in [1.807, 2.05) is 17.0 Å². The Labute approximate surface area is 298 Å². The number of nitrogens with zero attached hydrogens (tertiary/aromatic N) is 8. The van der Waals surface area contributed by atoms with Gasteiger partial charge in [0.1, 0.15) is 29.8 Å². The summed E-state index contributed by atoms with van der Waals surface area (Å²) in [6.07, 6.45) is 5.73. The Kier molecular flexibility index (Phi) is 8.71. The van der Waals surface area contributed by atoms with Crippen LogP contribution < -0.4 is 9.64 Å². The van der Waals surface area contributed by atoms with Gasteiger partial charge in [0.05, 0.1) is 28.3 Å². The fourth-order valence-electron chi connectivity index (χ4n) is 8.04. The molecule has 0 N–H and O–H groups in total. The van der Waals surface area contributed by atoms with Crippen molar-refractivity contribution in [2.75, 3.05) is 44.7 Å². The summed E-state index contributed by atoms with van der Waals surface area (Å²) in [5, 5.41) is 11.5. The van der Waals surface area contributed by atoms with E-state index in [1.54, 1.807) is 49.5 Å². The zero-order chi connectivity index (χ0) is 36.0. The van der Waals surface area contributed by atoms with Crippen molar-refractivity contribution in [2.45, 2.75) is 43.4 Å². The Morgan fingerprint density at radius 3 is 2.77 bits per heavy atom. The number of amides is 1. The zero-order valence-corrected chi connectivity index (χ0v) is 28.5. The third-order valence-corrected chi connectivity index (χ3v) is 10.7. The molecular weight excluding hydrogens is 669 g/mol. The number of nitriles is 1. The molecule has 52 heavy (non-hydrogen) atoms. The first kappa shape index (κ1) is 33.5. The van der Waals surface area contributed by atoms with Gasteiger partial charge in [-0.2, -0.15) is 15.2 Å². The largest absolute Gasteiger partial charge is 0.461 e. The number of carbonyl (C=O) groups excluding carboxylic acids is 1. The predicted molar refractivity (Wildman–Crippen MR) is 190 cm³/mol. The molecule has 3 aromatic heterocycles. The van der Waals surface area contributed by atoms with Crippen LogP contribution in [0.1, 0.15) is 36.9 Å². The molecule has 3 aliphatic heterocycles. The van der Waals surface area contributed by atoms with Crippen LogP contribution in [-0.4, -0.2) is 93.2 Å². The first-order valence-electron chi connectivity index (χ1n) is 17.4. The van der Waals surface area contributed by atoms with Crippen molar-refractivity contribution < 1.29 is 22.7 Å². The molecule has 3 aliphatic rings. The number of hydrogen-bond acceptors (Lipinski definition) is 9. The third-order valence-electron chi connectivity index (χ3n) is 10.7. The summed E-state index contributed by atoms with van der Waals surface area (Å²) in [4.78, 5) is 36.4. The van der Waals surface area contributed by atoms with E-state index in [9.17, 15) is 14.4 Å². The van der Waals surface area contributed by atoms with E-state index in [-0.39, 0.29) is 36.4 Å². The van der Waals surface area contributed by atoms with Crippen LogP contribution in [0, 0.1) is 17.1 Å². The number of ether oxygens (including phenoxy) is 1. The molecule has 2 unspecified atom stereocenters. The van der Waals surface area contributed by atoms with E-state index in [1.165, 1.54) is 17.3 Å². The first-order chi connectivity index (χ1) is 25.2. The van der Waals surface area contributed by atoms with E-state index in [2.05, 4.69) is 25.9 Å². The number of aromatic nitrogens is 4. The summed E-state index contributed by atoms with van der Waals surface area (Å²) < 4.78 is 52.7. The zero-order valence-electron chi connectivity index (χ0n) is 28.5. The van der Waals surface area contributed by atoms with Gasteiger partial charge < -0.3 is 14.5 Å². The molecule has 0 radical (unpaired) electrons. The summed E-state index contributed by atoms with van der Waals surface area (Å²) in [5.41, 5.74) is 0.661. The number of carbonyl (C=O) groups is 1. The molecule has 3 fully saturated rings. The maximum absolute atomic E-state index is 16.9. The molecule has 8 rings (SSSR count). The number of likely N-dealkylation sites (N-methyl/N-ethyl adjacent to an activating group) is 1. The Morgan fingerprint density at radius 2 is 1.96 bits per heavy atom. The summed E-state index contributed by atoms with van der Waals surface area (Å²) in [6.45, 7) is 1.76. The van der Waals surface area contributed by atoms with Crippen molar-refractivity contribution in [1.29, 1.82) is 5.26 Å². The minimum atomic E-state index is -0.954. The van der Waals surface area contributed by atoms with Crippen LogP contribution in [0.3, 0.4) is 0 Å². The normalized spacial score (nSPS) is 21.8. The standard InChI is InChI=1S/C39H35F3N8O2/c1-48(28-12-16-49(22-28)37(51)31(41)17-27-10-2-3-14-44-27)36-30-20-45-34(29-11-5-8-24-7-4-9-25(19-43)32(24)29)33(42)35(30)46-38(47-36)52-23-39-13-6-15-50(39)21-26(40)18-39/h2-5,7-11,14,17,20,26,28H,6,12-13,15-16,18,21-23H2,1H3/b31-17-/t26?,28?,39-/m0/s1. The number of hydrogen-bond donors (Lipinski definition) is 0. The van der Waals surface area contributed by atoms with Crippen LogP contribution in [0.2, 0.25) is 0 Å². The summed E-state index contributed by atoms with van der Waals surface area (Å²) >= 11 is 0. The highest BCUT2D eigenvalue weighted by Crippen LogP contribution is 2.41.